The third kappa shape index (κ3) is 4.78. The van der Waals surface area contributed by atoms with Gasteiger partial charge in [-0.3, -0.25) is 4.79 Å². The van der Waals surface area contributed by atoms with Crippen molar-refractivity contribution in [2.45, 2.75) is 25.8 Å². The average molecular weight is 326 g/mol. The fourth-order valence-corrected chi connectivity index (χ4v) is 2.76. The van der Waals surface area contributed by atoms with Crippen LogP contribution in [-0.4, -0.2) is 38.7 Å². The number of rotatable bonds is 6. The van der Waals surface area contributed by atoms with E-state index in [0.29, 0.717) is 23.9 Å². The maximum Gasteiger partial charge on any atom is 0.222 e. The molecule has 3 N–H and O–H groups in total. The van der Waals surface area contributed by atoms with Gasteiger partial charge in [-0.1, -0.05) is 18.5 Å². The summed E-state index contributed by atoms with van der Waals surface area (Å²) < 4.78 is 5.26. The number of piperidine rings is 1. The minimum absolute atomic E-state index is 0.0639. The van der Waals surface area contributed by atoms with Gasteiger partial charge in [-0.15, -0.1) is 0 Å². The molecule has 1 aromatic rings. The molecule has 2 unspecified atom stereocenters. The number of carbonyl (C=O) groups excluding carboxylic acids is 1. The molecule has 1 saturated heterocycles. The normalized spacial score (nSPS) is 21.2. The maximum absolute atomic E-state index is 12.0. The zero-order valence-electron chi connectivity index (χ0n) is 13.1. The minimum atomic E-state index is 0.0639. The van der Waals surface area contributed by atoms with Crippen molar-refractivity contribution < 1.29 is 9.53 Å². The number of anilines is 1. The fourth-order valence-electron chi connectivity index (χ4n) is 2.59. The van der Waals surface area contributed by atoms with Crippen molar-refractivity contribution >= 4 is 23.2 Å². The van der Waals surface area contributed by atoms with E-state index in [2.05, 4.69) is 22.9 Å². The Kier molecular flexibility index (Phi) is 6.34. The Hall–Kier alpha value is -1.46. The quantitative estimate of drug-likeness (QED) is 0.751. The topological polar surface area (TPSA) is 62.4 Å². The van der Waals surface area contributed by atoms with Crippen LogP contribution in [0.3, 0.4) is 0 Å². The molecule has 0 aliphatic carbocycles. The van der Waals surface area contributed by atoms with Crippen LogP contribution in [0.1, 0.15) is 19.8 Å². The van der Waals surface area contributed by atoms with Crippen molar-refractivity contribution in [3.05, 3.63) is 23.2 Å². The van der Waals surface area contributed by atoms with Gasteiger partial charge in [0.25, 0.3) is 0 Å². The van der Waals surface area contributed by atoms with Gasteiger partial charge >= 0.3 is 0 Å². The number of halogens is 1. The summed E-state index contributed by atoms with van der Waals surface area (Å²) in [4.78, 5) is 12.0. The molecule has 0 bridgehead atoms. The van der Waals surface area contributed by atoms with Gasteiger partial charge in [-0.25, -0.2) is 0 Å². The van der Waals surface area contributed by atoms with Crippen LogP contribution in [0.4, 0.5) is 5.69 Å². The van der Waals surface area contributed by atoms with E-state index in [9.17, 15) is 4.79 Å². The highest BCUT2D eigenvalue weighted by Gasteiger charge is 2.22. The highest BCUT2D eigenvalue weighted by Crippen LogP contribution is 2.27. The molecule has 1 fully saturated rings. The van der Waals surface area contributed by atoms with E-state index in [1.54, 1.807) is 25.3 Å². The Morgan fingerprint density at radius 1 is 1.50 bits per heavy atom. The number of ether oxygens (including phenoxy) is 1. The monoisotopic (exact) mass is 325 g/mol. The van der Waals surface area contributed by atoms with Crippen LogP contribution in [0.5, 0.6) is 5.75 Å². The van der Waals surface area contributed by atoms with Crippen LogP contribution in [-0.2, 0) is 4.79 Å². The molecular formula is C16H24ClN3O2. The second-order valence-electron chi connectivity index (χ2n) is 5.67. The summed E-state index contributed by atoms with van der Waals surface area (Å²) in [6.45, 7) is 4.60. The third-order valence-corrected chi connectivity index (χ3v) is 4.24. The maximum atomic E-state index is 12.0. The van der Waals surface area contributed by atoms with E-state index < -0.39 is 0 Å². The lowest BCUT2D eigenvalue weighted by atomic mass is 9.95. The van der Waals surface area contributed by atoms with E-state index in [0.717, 1.165) is 30.9 Å². The number of benzene rings is 1. The second kappa shape index (κ2) is 8.25. The van der Waals surface area contributed by atoms with Gasteiger partial charge in [0.1, 0.15) is 5.75 Å². The van der Waals surface area contributed by atoms with Gasteiger partial charge < -0.3 is 20.7 Å². The highest BCUT2D eigenvalue weighted by atomic mass is 35.5. The van der Waals surface area contributed by atoms with Crippen LogP contribution in [0.2, 0.25) is 5.02 Å². The SMILES string of the molecule is COc1ccc(Cl)cc1NCCC(=O)NC1CNCCC1C. The summed E-state index contributed by atoms with van der Waals surface area (Å²) in [6, 6.07) is 5.60. The van der Waals surface area contributed by atoms with Crippen molar-refractivity contribution in [2.24, 2.45) is 5.92 Å². The van der Waals surface area contributed by atoms with Crippen molar-refractivity contribution in [1.29, 1.82) is 0 Å². The Labute approximate surface area is 136 Å². The smallest absolute Gasteiger partial charge is 0.222 e. The molecule has 1 amide bonds. The number of hydrogen-bond acceptors (Lipinski definition) is 4. The number of hydrogen-bond donors (Lipinski definition) is 3. The number of carbonyl (C=O) groups is 1. The molecule has 0 saturated carbocycles. The Morgan fingerprint density at radius 2 is 2.32 bits per heavy atom. The standard InChI is InChI=1S/C16H24ClN3O2/c1-11-5-7-18-10-14(11)20-16(21)6-8-19-13-9-12(17)3-4-15(13)22-2/h3-4,9,11,14,18-19H,5-8,10H2,1-2H3,(H,20,21). The molecule has 1 heterocycles. The molecule has 0 aromatic heterocycles. The molecule has 1 aliphatic heterocycles. The third-order valence-electron chi connectivity index (χ3n) is 4.00. The van der Waals surface area contributed by atoms with Gasteiger partial charge in [0.15, 0.2) is 0 Å². The second-order valence-corrected chi connectivity index (χ2v) is 6.10. The molecule has 0 spiro atoms. The first-order valence-corrected chi connectivity index (χ1v) is 8.05. The van der Waals surface area contributed by atoms with Crippen molar-refractivity contribution in [2.75, 3.05) is 32.1 Å². The molecule has 22 heavy (non-hydrogen) atoms. The molecule has 6 heteroatoms. The average Bonchev–Trinajstić information content (AvgIpc) is 2.50. The molecule has 0 radical (unpaired) electrons. The number of methoxy groups -OCH3 is 1. The molecule has 2 rings (SSSR count). The first-order valence-electron chi connectivity index (χ1n) is 7.67. The first-order chi connectivity index (χ1) is 10.6. The molecular weight excluding hydrogens is 302 g/mol. The van der Waals surface area contributed by atoms with Crippen LogP contribution >= 0.6 is 11.6 Å². The van der Waals surface area contributed by atoms with Crippen molar-refractivity contribution in [3.8, 4) is 5.75 Å². The predicted molar refractivity (Wildman–Crippen MR) is 89.7 cm³/mol. The van der Waals surface area contributed by atoms with E-state index >= 15 is 0 Å². The minimum Gasteiger partial charge on any atom is -0.495 e. The highest BCUT2D eigenvalue weighted by molar-refractivity contribution is 6.30. The van der Waals surface area contributed by atoms with E-state index in [-0.39, 0.29) is 11.9 Å². The fraction of sp³-hybridized carbons (Fsp3) is 0.562. The Bertz CT molecular complexity index is 510. The summed E-state index contributed by atoms with van der Waals surface area (Å²) in [5, 5.41) is 10.2. The molecule has 1 aromatic carbocycles. The van der Waals surface area contributed by atoms with E-state index in [4.69, 9.17) is 16.3 Å². The molecule has 5 nitrogen and oxygen atoms in total. The summed E-state index contributed by atoms with van der Waals surface area (Å²) in [5.74, 6) is 1.30. The van der Waals surface area contributed by atoms with Crippen molar-refractivity contribution in [3.63, 3.8) is 0 Å². The summed E-state index contributed by atoms with van der Waals surface area (Å²) in [7, 11) is 1.61. The van der Waals surface area contributed by atoms with Gasteiger partial charge in [0.05, 0.1) is 12.8 Å². The Morgan fingerprint density at radius 3 is 3.05 bits per heavy atom. The molecule has 122 valence electrons. The van der Waals surface area contributed by atoms with E-state index in [1.165, 1.54) is 0 Å². The Balaban J connectivity index is 1.78. The summed E-state index contributed by atoms with van der Waals surface area (Å²) in [6.07, 6.45) is 1.52. The summed E-state index contributed by atoms with van der Waals surface area (Å²) >= 11 is 5.98. The molecule has 1 aliphatic rings. The van der Waals surface area contributed by atoms with Crippen molar-refractivity contribution in [1.82, 2.24) is 10.6 Å². The predicted octanol–water partition coefficient (Wildman–Crippen LogP) is 2.26. The van der Waals surface area contributed by atoms with Crippen LogP contribution < -0.4 is 20.7 Å². The van der Waals surface area contributed by atoms with Crippen LogP contribution in [0, 0.1) is 5.92 Å². The number of amides is 1. The van der Waals surface area contributed by atoms with Gasteiger partial charge in [0.2, 0.25) is 5.91 Å². The lowest BCUT2D eigenvalue weighted by Crippen LogP contribution is -2.50. The zero-order chi connectivity index (χ0) is 15.9. The lowest BCUT2D eigenvalue weighted by Gasteiger charge is -2.30. The van der Waals surface area contributed by atoms with Gasteiger partial charge in [-0.2, -0.15) is 0 Å². The zero-order valence-corrected chi connectivity index (χ0v) is 13.9. The first kappa shape index (κ1) is 16.9. The largest absolute Gasteiger partial charge is 0.495 e. The summed E-state index contributed by atoms with van der Waals surface area (Å²) in [5.41, 5.74) is 0.801. The van der Waals surface area contributed by atoms with Gasteiger partial charge in [-0.05, 0) is 37.1 Å². The van der Waals surface area contributed by atoms with Crippen LogP contribution in [0.15, 0.2) is 18.2 Å². The van der Waals surface area contributed by atoms with Crippen LogP contribution in [0.25, 0.3) is 0 Å². The van der Waals surface area contributed by atoms with E-state index in [1.807, 2.05) is 0 Å². The molecule has 2 atom stereocenters. The number of nitrogens with one attached hydrogen (secondary N) is 3. The van der Waals surface area contributed by atoms with Gasteiger partial charge in [0, 0.05) is 30.6 Å². The lowest BCUT2D eigenvalue weighted by molar-refractivity contribution is -0.122.